The molecule has 176 valence electrons. The molecule has 0 spiro atoms. The average Bonchev–Trinajstić information content (AvgIpc) is 3.48. The van der Waals surface area contributed by atoms with Crippen LogP contribution in [0.15, 0.2) is 11.1 Å². The Balaban J connectivity index is 1.47. The Bertz CT molecular complexity index is 1200. The highest BCUT2D eigenvalue weighted by Crippen LogP contribution is 2.42. The molecule has 5 heterocycles. The minimum absolute atomic E-state index is 0.0114. The molecule has 2 aliphatic heterocycles. The summed E-state index contributed by atoms with van der Waals surface area (Å²) in [5, 5.41) is 9.45. The van der Waals surface area contributed by atoms with Crippen LogP contribution in [0.5, 0.6) is 0 Å². The van der Waals surface area contributed by atoms with E-state index < -0.39 is 0 Å². The molecule has 3 aromatic rings. The minimum atomic E-state index is -0.240. The second-order valence-electron chi connectivity index (χ2n) is 9.30. The summed E-state index contributed by atoms with van der Waals surface area (Å²) in [6.07, 6.45) is 3.00. The number of thioether (sulfide) groups is 1. The Morgan fingerprint density at radius 3 is 2.94 bits per heavy atom. The number of aromatic nitrogens is 4. The van der Waals surface area contributed by atoms with E-state index in [0.29, 0.717) is 24.9 Å². The van der Waals surface area contributed by atoms with Crippen molar-refractivity contribution in [1.82, 2.24) is 25.1 Å². The molecule has 8 nitrogen and oxygen atoms in total. The van der Waals surface area contributed by atoms with E-state index in [1.165, 1.54) is 22.2 Å². The maximum atomic E-state index is 12.6. The molecule has 2 aliphatic rings. The number of nitrogens with one attached hydrogen (secondary N) is 1. The Morgan fingerprint density at radius 1 is 1.36 bits per heavy atom. The standard InChI is InChI=1S/C23H29N5O3S2/c1-13-8-14(2)28(27-13)22-25-20(32-12-18(29)24-10-15-6-5-7-30-15)19-16-9-23(3,4)31-11-17(16)33-21(19)26-22/h8,15H,5-7,9-12H2,1-4H3,(H,24,29)/t15-/m0/s1. The third-order valence-corrected chi connectivity index (χ3v) is 8.05. The van der Waals surface area contributed by atoms with E-state index in [9.17, 15) is 4.79 Å². The van der Waals surface area contributed by atoms with E-state index in [1.807, 2.05) is 19.9 Å². The highest BCUT2D eigenvalue weighted by Gasteiger charge is 2.31. The monoisotopic (exact) mass is 487 g/mol. The van der Waals surface area contributed by atoms with Gasteiger partial charge in [-0.15, -0.1) is 11.3 Å². The normalized spacial score (nSPS) is 19.7. The lowest BCUT2D eigenvalue weighted by molar-refractivity contribution is -0.119. The summed E-state index contributed by atoms with van der Waals surface area (Å²) >= 11 is 3.11. The molecule has 0 saturated carbocycles. The van der Waals surface area contributed by atoms with Gasteiger partial charge in [0.15, 0.2) is 0 Å². The van der Waals surface area contributed by atoms with Gasteiger partial charge in [0.1, 0.15) is 9.86 Å². The zero-order valence-corrected chi connectivity index (χ0v) is 21.1. The van der Waals surface area contributed by atoms with Crippen LogP contribution >= 0.6 is 23.1 Å². The summed E-state index contributed by atoms with van der Waals surface area (Å²) in [4.78, 5) is 24.5. The van der Waals surface area contributed by atoms with Gasteiger partial charge in [0.25, 0.3) is 5.95 Å². The SMILES string of the molecule is Cc1cc(C)n(-c2nc(SCC(=O)NC[C@@H]3CCCO3)c3c4c(sc3n2)COC(C)(C)C4)n1. The van der Waals surface area contributed by atoms with Crippen LogP contribution in [0.2, 0.25) is 0 Å². The van der Waals surface area contributed by atoms with Crippen molar-refractivity contribution < 1.29 is 14.3 Å². The quantitative estimate of drug-likeness (QED) is 0.418. The lowest BCUT2D eigenvalue weighted by Gasteiger charge is -2.30. The summed E-state index contributed by atoms with van der Waals surface area (Å²) in [5.74, 6) is 0.816. The number of amides is 1. The van der Waals surface area contributed by atoms with E-state index in [4.69, 9.17) is 19.4 Å². The first kappa shape index (κ1) is 22.8. The number of carbonyl (C=O) groups is 1. The maximum absolute atomic E-state index is 12.6. The van der Waals surface area contributed by atoms with Crippen molar-refractivity contribution in [2.75, 3.05) is 18.9 Å². The van der Waals surface area contributed by atoms with Gasteiger partial charge in [-0.3, -0.25) is 4.79 Å². The molecule has 0 radical (unpaired) electrons. The summed E-state index contributed by atoms with van der Waals surface area (Å²) in [6, 6.07) is 2.01. The molecule has 10 heteroatoms. The lowest BCUT2D eigenvalue weighted by Crippen LogP contribution is -2.33. The van der Waals surface area contributed by atoms with Gasteiger partial charge in [-0.25, -0.2) is 9.67 Å². The van der Waals surface area contributed by atoms with Crippen LogP contribution in [0, 0.1) is 13.8 Å². The van der Waals surface area contributed by atoms with Crippen LogP contribution in [0.25, 0.3) is 16.2 Å². The van der Waals surface area contributed by atoms with Crippen molar-refractivity contribution in [3.8, 4) is 5.95 Å². The van der Waals surface area contributed by atoms with Gasteiger partial charge < -0.3 is 14.8 Å². The number of rotatable bonds is 6. The number of fused-ring (bicyclic) bond motifs is 3. The van der Waals surface area contributed by atoms with Gasteiger partial charge in [0, 0.05) is 35.5 Å². The largest absolute Gasteiger partial charge is 0.376 e. The number of nitrogens with zero attached hydrogens (tertiary/aromatic N) is 4. The van der Waals surface area contributed by atoms with Crippen molar-refractivity contribution in [3.05, 3.63) is 27.9 Å². The third kappa shape index (κ3) is 4.80. The van der Waals surface area contributed by atoms with E-state index in [-0.39, 0.29) is 17.6 Å². The number of thiophene rings is 1. The van der Waals surface area contributed by atoms with Crippen molar-refractivity contribution in [1.29, 1.82) is 0 Å². The topological polar surface area (TPSA) is 91.2 Å². The van der Waals surface area contributed by atoms with Crippen molar-refractivity contribution in [2.24, 2.45) is 0 Å². The minimum Gasteiger partial charge on any atom is -0.376 e. The van der Waals surface area contributed by atoms with Crippen LogP contribution < -0.4 is 5.32 Å². The third-order valence-electron chi connectivity index (χ3n) is 5.98. The van der Waals surface area contributed by atoms with E-state index in [2.05, 4.69) is 24.3 Å². The summed E-state index contributed by atoms with van der Waals surface area (Å²) in [7, 11) is 0. The molecule has 1 atom stereocenters. The van der Waals surface area contributed by atoms with Crippen LogP contribution in [0.1, 0.15) is 48.5 Å². The van der Waals surface area contributed by atoms with E-state index >= 15 is 0 Å². The lowest BCUT2D eigenvalue weighted by atomic mass is 9.95. The molecule has 0 aliphatic carbocycles. The van der Waals surface area contributed by atoms with Crippen LogP contribution in [-0.2, 0) is 27.3 Å². The van der Waals surface area contributed by atoms with Gasteiger partial charge in [0.05, 0.1) is 29.8 Å². The predicted octanol–water partition coefficient (Wildman–Crippen LogP) is 3.73. The van der Waals surface area contributed by atoms with Crippen LogP contribution in [0.4, 0.5) is 0 Å². The Labute approximate surface area is 201 Å². The first-order valence-electron chi connectivity index (χ1n) is 11.3. The average molecular weight is 488 g/mol. The van der Waals surface area contributed by atoms with E-state index in [1.54, 1.807) is 16.0 Å². The van der Waals surface area contributed by atoms with E-state index in [0.717, 1.165) is 52.5 Å². The van der Waals surface area contributed by atoms with Gasteiger partial charge >= 0.3 is 0 Å². The number of carbonyl (C=O) groups excluding carboxylic acids is 1. The molecule has 1 saturated heterocycles. The fourth-order valence-electron chi connectivity index (χ4n) is 4.35. The number of hydrogen-bond acceptors (Lipinski definition) is 8. The Morgan fingerprint density at radius 2 is 2.21 bits per heavy atom. The summed E-state index contributed by atoms with van der Waals surface area (Å²) < 4.78 is 13.4. The van der Waals surface area contributed by atoms with Gasteiger partial charge in [-0.2, -0.15) is 10.1 Å². The van der Waals surface area contributed by atoms with Gasteiger partial charge in [0.2, 0.25) is 5.91 Å². The fourth-order valence-corrected chi connectivity index (χ4v) is 6.39. The molecular weight excluding hydrogens is 458 g/mol. The number of hydrogen-bond donors (Lipinski definition) is 1. The molecule has 1 amide bonds. The second kappa shape index (κ2) is 8.98. The Hall–Kier alpha value is -2.01. The molecule has 3 aromatic heterocycles. The van der Waals surface area contributed by atoms with Crippen LogP contribution in [-0.4, -0.2) is 56.3 Å². The van der Waals surface area contributed by atoms with Crippen molar-refractivity contribution in [2.45, 2.75) is 70.3 Å². The number of ether oxygens (including phenoxy) is 2. The highest BCUT2D eigenvalue weighted by atomic mass is 32.2. The molecule has 0 bridgehead atoms. The molecule has 1 N–H and O–H groups in total. The fraction of sp³-hybridized carbons (Fsp3) is 0.565. The molecule has 0 aromatic carbocycles. The zero-order chi connectivity index (χ0) is 23.2. The molecule has 0 unspecified atom stereocenters. The highest BCUT2D eigenvalue weighted by molar-refractivity contribution is 8.00. The van der Waals surface area contributed by atoms with Crippen molar-refractivity contribution >= 4 is 39.2 Å². The molecule has 5 rings (SSSR count). The second-order valence-corrected chi connectivity index (χ2v) is 11.4. The van der Waals surface area contributed by atoms with Gasteiger partial charge in [-0.1, -0.05) is 11.8 Å². The number of aryl methyl sites for hydroxylation is 2. The predicted molar refractivity (Wildman–Crippen MR) is 129 cm³/mol. The maximum Gasteiger partial charge on any atom is 0.253 e. The van der Waals surface area contributed by atoms with Crippen molar-refractivity contribution in [3.63, 3.8) is 0 Å². The zero-order valence-electron chi connectivity index (χ0n) is 19.4. The first-order valence-corrected chi connectivity index (χ1v) is 13.1. The molecular formula is C23H29N5O3S2. The smallest absolute Gasteiger partial charge is 0.253 e. The first-order chi connectivity index (χ1) is 15.8. The summed E-state index contributed by atoms with van der Waals surface area (Å²) in [5.41, 5.74) is 2.89. The molecule has 33 heavy (non-hydrogen) atoms. The Kier molecular flexibility index (Phi) is 6.19. The molecule has 1 fully saturated rings. The van der Waals surface area contributed by atoms with Gasteiger partial charge in [-0.05, 0) is 52.2 Å². The van der Waals surface area contributed by atoms with Crippen LogP contribution in [0.3, 0.4) is 0 Å². The summed E-state index contributed by atoms with van der Waals surface area (Å²) in [6.45, 7) is 10.1.